The van der Waals surface area contributed by atoms with Crippen molar-refractivity contribution in [2.45, 2.75) is 31.2 Å². The average Bonchev–Trinajstić information content (AvgIpc) is 2.87. The Morgan fingerprint density at radius 3 is 2.79 bits per heavy atom. The summed E-state index contributed by atoms with van der Waals surface area (Å²) in [5.41, 5.74) is 6.40. The third-order valence-corrected chi connectivity index (χ3v) is 2.81. The van der Waals surface area contributed by atoms with E-state index in [1.807, 2.05) is 0 Å². The van der Waals surface area contributed by atoms with E-state index < -0.39 is 0 Å². The lowest BCUT2D eigenvalue weighted by Crippen LogP contribution is -2.22. The number of nitrogens with two attached hydrogens (primary N) is 1. The number of hydrogen-bond donors (Lipinski definition) is 2. The van der Waals surface area contributed by atoms with E-state index in [4.69, 9.17) is 5.73 Å². The van der Waals surface area contributed by atoms with Gasteiger partial charge in [-0.1, -0.05) is 0 Å². The number of aromatic hydroxyl groups is 1. The Balaban J connectivity index is 2.04. The van der Waals surface area contributed by atoms with Crippen LogP contribution in [-0.2, 0) is 6.42 Å². The van der Waals surface area contributed by atoms with E-state index in [-0.39, 0.29) is 17.1 Å². The lowest BCUT2D eigenvalue weighted by atomic mass is 10.0. The largest absolute Gasteiger partial charge is 0.508 e. The molecule has 3 heteroatoms. The summed E-state index contributed by atoms with van der Waals surface area (Å²) in [7, 11) is 0. The zero-order valence-corrected chi connectivity index (χ0v) is 7.96. The quantitative estimate of drug-likeness (QED) is 0.774. The maximum absolute atomic E-state index is 13.2. The molecule has 0 unspecified atom stereocenters. The first-order valence-electron chi connectivity index (χ1n) is 4.85. The van der Waals surface area contributed by atoms with Crippen molar-refractivity contribution in [3.05, 3.63) is 29.6 Å². The first-order chi connectivity index (χ1) is 6.59. The molecule has 1 aliphatic rings. The second-order valence-corrected chi connectivity index (χ2v) is 4.14. The highest BCUT2D eigenvalue weighted by Gasteiger charge is 2.37. The van der Waals surface area contributed by atoms with Gasteiger partial charge in [-0.05, 0) is 49.4 Å². The number of aryl methyl sites for hydroxylation is 1. The first-order valence-corrected chi connectivity index (χ1v) is 4.85. The third kappa shape index (κ3) is 2.04. The van der Waals surface area contributed by atoms with Crippen molar-refractivity contribution >= 4 is 0 Å². The van der Waals surface area contributed by atoms with Crippen molar-refractivity contribution < 1.29 is 9.50 Å². The smallest absolute Gasteiger partial charge is 0.126 e. The van der Waals surface area contributed by atoms with Crippen LogP contribution in [0, 0.1) is 5.82 Å². The molecule has 0 aliphatic heterocycles. The van der Waals surface area contributed by atoms with Crippen LogP contribution in [0.1, 0.15) is 24.8 Å². The van der Waals surface area contributed by atoms with Crippen molar-refractivity contribution in [2.24, 2.45) is 5.73 Å². The molecule has 2 rings (SSSR count). The van der Waals surface area contributed by atoms with Crippen LogP contribution in [0.5, 0.6) is 5.75 Å². The molecule has 0 bridgehead atoms. The van der Waals surface area contributed by atoms with Gasteiger partial charge in [-0.2, -0.15) is 0 Å². The van der Waals surface area contributed by atoms with Crippen molar-refractivity contribution in [3.8, 4) is 5.75 Å². The molecule has 14 heavy (non-hydrogen) atoms. The zero-order chi connectivity index (χ0) is 10.2. The van der Waals surface area contributed by atoms with E-state index >= 15 is 0 Å². The van der Waals surface area contributed by atoms with Gasteiger partial charge in [0, 0.05) is 5.54 Å². The van der Waals surface area contributed by atoms with Crippen LogP contribution in [0.4, 0.5) is 4.39 Å². The van der Waals surface area contributed by atoms with Gasteiger partial charge in [0.1, 0.15) is 11.6 Å². The maximum atomic E-state index is 13.2. The predicted molar refractivity (Wildman–Crippen MR) is 52.5 cm³/mol. The van der Waals surface area contributed by atoms with Crippen molar-refractivity contribution in [1.29, 1.82) is 0 Å². The monoisotopic (exact) mass is 195 g/mol. The topological polar surface area (TPSA) is 46.2 Å². The van der Waals surface area contributed by atoms with Crippen molar-refractivity contribution in [1.82, 2.24) is 0 Å². The third-order valence-electron chi connectivity index (χ3n) is 2.81. The Morgan fingerprint density at radius 2 is 2.14 bits per heavy atom. The molecule has 1 aliphatic carbocycles. The van der Waals surface area contributed by atoms with Crippen molar-refractivity contribution in [3.63, 3.8) is 0 Å². The maximum Gasteiger partial charge on any atom is 0.126 e. The molecule has 3 N–H and O–H groups in total. The Kier molecular flexibility index (Phi) is 2.19. The molecular weight excluding hydrogens is 181 g/mol. The summed E-state index contributed by atoms with van der Waals surface area (Å²) in [6.07, 6.45) is 3.48. The molecule has 1 aromatic carbocycles. The fraction of sp³-hybridized carbons (Fsp3) is 0.455. The molecule has 0 saturated heterocycles. The Labute approximate surface area is 82.5 Å². The van der Waals surface area contributed by atoms with E-state index in [1.165, 1.54) is 18.2 Å². The van der Waals surface area contributed by atoms with E-state index in [0.717, 1.165) is 19.3 Å². The molecule has 0 radical (unpaired) electrons. The minimum absolute atomic E-state index is 0.0576. The highest BCUT2D eigenvalue weighted by molar-refractivity contribution is 5.29. The molecule has 1 fully saturated rings. The summed E-state index contributed by atoms with van der Waals surface area (Å²) in [5, 5.41) is 9.18. The highest BCUT2D eigenvalue weighted by Crippen LogP contribution is 2.36. The normalized spacial score (nSPS) is 18.1. The average molecular weight is 195 g/mol. The van der Waals surface area contributed by atoms with Gasteiger partial charge in [-0.3, -0.25) is 0 Å². The summed E-state index contributed by atoms with van der Waals surface area (Å²) in [4.78, 5) is 0. The molecule has 0 amide bonds. The van der Waals surface area contributed by atoms with Crippen molar-refractivity contribution in [2.75, 3.05) is 0 Å². The predicted octanol–water partition coefficient (Wildman–Crippen LogP) is 1.96. The van der Waals surface area contributed by atoms with E-state index in [0.29, 0.717) is 12.0 Å². The van der Waals surface area contributed by atoms with Gasteiger partial charge in [-0.15, -0.1) is 0 Å². The molecule has 0 heterocycles. The Morgan fingerprint density at radius 1 is 1.43 bits per heavy atom. The molecule has 0 atom stereocenters. The minimum Gasteiger partial charge on any atom is -0.508 e. The molecule has 76 valence electrons. The van der Waals surface area contributed by atoms with Crippen LogP contribution in [0.15, 0.2) is 18.2 Å². The molecule has 0 spiro atoms. The number of hydrogen-bond acceptors (Lipinski definition) is 2. The summed E-state index contributed by atoms with van der Waals surface area (Å²) in [6.45, 7) is 0. The molecular formula is C11H14FNO. The second kappa shape index (κ2) is 3.24. The number of halogens is 1. The molecule has 0 aromatic heterocycles. The van der Waals surface area contributed by atoms with Crippen LogP contribution in [0.3, 0.4) is 0 Å². The van der Waals surface area contributed by atoms with Gasteiger partial charge in [-0.25, -0.2) is 4.39 Å². The fourth-order valence-corrected chi connectivity index (χ4v) is 1.55. The van der Waals surface area contributed by atoms with E-state index in [2.05, 4.69) is 0 Å². The first kappa shape index (κ1) is 9.46. The number of benzene rings is 1. The summed E-state index contributed by atoms with van der Waals surface area (Å²) < 4.78 is 13.2. The van der Waals surface area contributed by atoms with Gasteiger partial charge in [0.2, 0.25) is 0 Å². The summed E-state index contributed by atoms with van der Waals surface area (Å²) >= 11 is 0. The second-order valence-electron chi connectivity index (χ2n) is 4.14. The number of phenolic OH excluding ortho intramolecular Hbond substituents is 1. The lowest BCUT2D eigenvalue weighted by Gasteiger charge is -2.08. The van der Waals surface area contributed by atoms with Crippen LogP contribution in [0.25, 0.3) is 0 Å². The summed E-state index contributed by atoms with van der Waals surface area (Å²) in [6, 6.07) is 4.12. The zero-order valence-electron chi connectivity index (χ0n) is 7.96. The van der Waals surface area contributed by atoms with Gasteiger partial charge < -0.3 is 10.8 Å². The highest BCUT2D eigenvalue weighted by atomic mass is 19.1. The fourth-order valence-electron chi connectivity index (χ4n) is 1.55. The Bertz CT molecular complexity index is 347. The standard InChI is InChI=1S/C11H14FNO/c12-10-2-1-9(14)7-8(10)3-4-11(13)5-6-11/h1-2,7,14H,3-6,13H2. The molecule has 1 saturated carbocycles. The van der Waals surface area contributed by atoms with E-state index in [1.54, 1.807) is 0 Å². The van der Waals surface area contributed by atoms with Gasteiger partial charge in [0.05, 0.1) is 0 Å². The van der Waals surface area contributed by atoms with Crippen LogP contribution in [0.2, 0.25) is 0 Å². The molecule has 1 aromatic rings. The van der Waals surface area contributed by atoms with E-state index in [9.17, 15) is 9.50 Å². The lowest BCUT2D eigenvalue weighted by molar-refractivity contribution is 0.470. The van der Waals surface area contributed by atoms with Crippen LogP contribution >= 0.6 is 0 Å². The van der Waals surface area contributed by atoms with Gasteiger partial charge in [0.15, 0.2) is 0 Å². The minimum atomic E-state index is -0.257. The summed E-state index contributed by atoms with van der Waals surface area (Å²) in [5.74, 6) is -0.143. The van der Waals surface area contributed by atoms with Gasteiger partial charge in [0.25, 0.3) is 0 Å². The molecule has 2 nitrogen and oxygen atoms in total. The van der Waals surface area contributed by atoms with Crippen LogP contribution < -0.4 is 5.73 Å². The number of phenols is 1. The van der Waals surface area contributed by atoms with Crippen LogP contribution in [-0.4, -0.2) is 10.6 Å². The SMILES string of the molecule is NC1(CCc2cc(O)ccc2F)CC1. The Hall–Kier alpha value is -1.09. The number of rotatable bonds is 3. The van der Waals surface area contributed by atoms with Gasteiger partial charge >= 0.3 is 0 Å².